The van der Waals surface area contributed by atoms with E-state index in [0.29, 0.717) is 5.75 Å². The average Bonchev–Trinajstić information content (AvgIpc) is 2.43. The molecule has 0 aliphatic heterocycles. The van der Waals surface area contributed by atoms with Gasteiger partial charge in [0.1, 0.15) is 12.4 Å². The summed E-state index contributed by atoms with van der Waals surface area (Å²) in [4.78, 5) is 0. The van der Waals surface area contributed by atoms with Gasteiger partial charge in [-0.3, -0.25) is 0 Å². The van der Waals surface area contributed by atoms with E-state index in [-0.39, 0.29) is 12.2 Å². The first-order valence-electron chi connectivity index (χ1n) is 6.39. The van der Waals surface area contributed by atoms with Crippen molar-refractivity contribution in [3.63, 3.8) is 0 Å². The summed E-state index contributed by atoms with van der Waals surface area (Å²) < 4.78 is 32.4. The molecule has 2 N–H and O–H groups in total. The first kappa shape index (κ1) is 14.5. The monoisotopic (exact) mass is 277 g/mol. The summed E-state index contributed by atoms with van der Waals surface area (Å²) in [6, 6.07) is 8.95. The van der Waals surface area contributed by atoms with Crippen LogP contribution < -0.4 is 10.5 Å². The van der Waals surface area contributed by atoms with Gasteiger partial charge in [0.2, 0.25) is 0 Å². The van der Waals surface area contributed by atoms with Crippen LogP contribution in [0.5, 0.6) is 5.75 Å². The van der Waals surface area contributed by atoms with Gasteiger partial charge in [0.15, 0.2) is 11.6 Å². The molecule has 0 heterocycles. The van der Waals surface area contributed by atoms with Gasteiger partial charge in [-0.1, -0.05) is 24.3 Å². The van der Waals surface area contributed by atoms with E-state index in [1.807, 2.05) is 32.0 Å². The van der Waals surface area contributed by atoms with Crippen LogP contribution in [0.4, 0.5) is 8.78 Å². The Morgan fingerprint density at radius 3 is 2.55 bits per heavy atom. The van der Waals surface area contributed by atoms with Gasteiger partial charge in [0.25, 0.3) is 0 Å². The lowest BCUT2D eigenvalue weighted by Gasteiger charge is -2.16. The van der Waals surface area contributed by atoms with Gasteiger partial charge in [0.05, 0.1) is 6.04 Å². The number of nitrogens with two attached hydrogens (primary N) is 1. The maximum Gasteiger partial charge on any atom is 0.163 e. The molecule has 0 aromatic heterocycles. The number of rotatable bonds is 4. The third-order valence-corrected chi connectivity index (χ3v) is 3.35. The van der Waals surface area contributed by atoms with Crippen molar-refractivity contribution < 1.29 is 13.5 Å². The normalized spacial score (nSPS) is 12.2. The summed E-state index contributed by atoms with van der Waals surface area (Å²) in [6.07, 6.45) is 0. The fourth-order valence-corrected chi connectivity index (χ4v) is 1.96. The second-order valence-corrected chi connectivity index (χ2v) is 4.76. The van der Waals surface area contributed by atoms with Crippen molar-refractivity contribution in [1.29, 1.82) is 0 Å². The Bertz CT molecular complexity index is 613. The van der Waals surface area contributed by atoms with Crippen molar-refractivity contribution in [1.82, 2.24) is 0 Å². The van der Waals surface area contributed by atoms with Crippen molar-refractivity contribution in [3.05, 3.63) is 64.7 Å². The molecule has 0 bridgehead atoms. The molecule has 2 nitrogen and oxygen atoms in total. The lowest BCUT2D eigenvalue weighted by atomic mass is 10.1. The van der Waals surface area contributed by atoms with Gasteiger partial charge < -0.3 is 10.5 Å². The molecule has 2 rings (SSSR count). The number of ether oxygens (including phenoxy) is 1. The summed E-state index contributed by atoms with van der Waals surface area (Å²) in [7, 11) is 0. The van der Waals surface area contributed by atoms with Gasteiger partial charge in [-0.05, 0) is 37.1 Å². The smallest absolute Gasteiger partial charge is 0.163 e. The van der Waals surface area contributed by atoms with Crippen molar-refractivity contribution >= 4 is 0 Å². The molecule has 20 heavy (non-hydrogen) atoms. The predicted octanol–water partition coefficient (Wildman–Crippen LogP) is 3.66. The standard InChI is InChI=1S/C16H17F2NO/c1-10-5-3-8-15(11(10)2)20-9-14(19)12-6-4-7-13(17)16(12)18/h3-8,14H,9,19H2,1-2H3. The molecule has 1 unspecified atom stereocenters. The lowest BCUT2D eigenvalue weighted by molar-refractivity contribution is 0.284. The van der Waals surface area contributed by atoms with Crippen LogP contribution in [0.3, 0.4) is 0 Å². The molecule has 1 atom stereocenters. The lowest BCUT2D eigenvalue weighted by Crippen LogP contribution is -2.21. The molecule has 0 amide bonds. The van der Waals surface area contributed by atoms with E-state index in [1.165, 1.54) is 12.1 Å². The largest absolute Gasteiger partial charge is 0.491 e. The van der Waals surface area contributed by atoms with Crippen molar-refractivity contribution in [2.75, 3.05) is 6.61 Å². The number of hydrogen-bond acceptors (Lipinski definition) is 2. The highest BCUT2D eigenvalue weighted by atomic mass is 19.2. The molecule has 0 radical (unpaired) electrons. The molecule has 0 fully saturated rings. The maximum atomic E-state index is 13.6. The Labute approximate surface area is 117 Å². The van der Waals surface area contributed by atoms with Gasteiger partial charge >= 0.3 is 0 Å². The number of halogens is 2. The van der Waals surface area contributed by atoms with E-state index >= 15 is 0 Å². The van der Waals surface area contributed by atoms with Crippen LogP contribution in [-0.4, -0.2) is 6.61 Å². The van der Waals surface area contributed by atoms with Crippen molar-refractivity contribution in [2.45, 2.75) is 19.9 Å². The molecular formula is C16H17F2NO. The van der Waals surface area contributed by atoms with Crippen LogP contribution in [0.1, 0.15) is 22.7 Å². The summed E-state index contributed by atoms with van der Waals surface area (Å²) in [6.45, 7) is 4.01. The van der Waals surface area contributed by atoms with Crippen LogP contribution in [0, 0.1) is 25.5 Å². The third-order valence-electron chi connectivity index (χ3n) is 3.35. The Hall–Kier alpha value is -1.94. The Balaban J connectivity index is 2.11. The molecule has 106 valence electrons. The molecule has 0 aliphatic rings. The van der Waals surface area contributed by atoms with Crippen molar-refractivity contribution in [3.8, 4) is 5.75 Å². The van der Waals surface area contributed by atoms with E-state index in [0.717, 1.165) is 17.2 Å². The number of benzene rings is 2. The van der Waals surface area contributed by atoms with Gasteiger partial charge in [0, 0.05) is 5.56 Å². The maximum absolute atomic E-state index is 13.6. The Morgan fingerprint density at radius 1 is 1.10 bits per heavy atom. The van der Waals surface area contributed by atoms with E-state index in [9.17, 15) is 8.78 Å². The minimum atomic E-state index is -0.912. The Kier molecular flexibility index (Phi) is 4.35. The van der Waals surface area contributed by atoms with Crippen LogP contribution in [-0.2, 0) is 0 Å². The summed E-state index contributed by atoms with van der Waals surface area (Å²) in [5.74, 6) is -1.11. The zero-order valence-corrected chi connectivity index (χ0v) is 11.5. The average molecular weight is 277 g/mol. The predicted molar refractivity (Wildman–Crippen MR) is 74.7 cm³/mol. The van der Waals surface area contributed by atoms with Crippen LogP contribution in [0.25, 0.3) is 0 Å². The molecule has 0 saturated carbocycles. The second kappa shape index (κ2) is 6.01. The third kappa shape index (κ3) is 2.96. The first-order chi connectivity index (χ1) is 9.50. The zero-order chi connectivity index (χ0) is 14.7. The number of hydrogen-bond donors (Lipinski definition) is 1. The molecule has 2 aromatic rings. The van der Waals surface area contributed by atoms with Gasteiger partial charge in [-0.2, -0.15) is 0 Å². The molecule has 0 spiro atoms. The van der Waals surface area contributed by atoms with E-state index in [4.69, 9.17) is 10.5 Å². The first-order valence-corrected chi connectivity index (χ1v) is 6.39. The topological polar surface area (TPSA) is 35.2 Å². The highest BCUT2D eigenvalue weighted by molar-refractivity contribution is 5.38. The molecular weight excluding hydrogens is 260 g/mol. The van der Waals surface area contributed by atoms with Crippen LogP contribution in [0.2, 0.25) is 0 Å². The fourth-order valence-electron chi connectivity index (χ4n) is 1.96. The number of aryl methyl sites for hydroxylation is 1. The van der Waals surface area contributed by atoms with Crippen LogP contribution in [0.15, 0.2) is 36.4 Å². The van der Waals surface area contributed by atoms with E-state index in [1.54, 1.807) is 0 Å². The summed E-state index contributed by atoms with van der Waals surface area (Å²) in [5, 5.41) is 0. The zero-order valence-electron chi connectivity index (χ0n) is 11.5. The summed E-state index contributed by atoms with van der Waals surface area (Å²) in [5.41, 5.74) is 8.11. The quantitative estimate of drug-likeness (QED) is 0.925. The van der Waals surface area contributed by atoms with Gasteiger partial charge in [-0.25, -0.2) is 8.78 Å². The Morgan fingerprint density at radius 2 is 1.80 bits per heavy atom. The molecule has 0 saturated heterocycles. The fraction of sp³-hybridized carbons (Fsp3) is 0.250. The van der Waals surface area contributed by atoms with E-state index in [2.05, 4.69) is 0 Å². The minimum Gasteiger partial charge on any atom is -0.491 e. The summed E-state index contributed by atoms with van der Waals surface area (Å²) >= 11 is 0. The molecule has 2 aromatic carbocycles. The molecule has 0 aliphatic carbocycles. The highest BCUT2D eigenvalue weighted by Crippen LogP contribution is 2.23. The highest BCUT2D eigenvalue weighted by Gasteiger charge is 2.15. The minimum absolute atomic E-state index is 0.0880. The SMILES string of the molecule is Cc1cccc(OCC(N)c2cccc(F)c2F)c1C. The van der Waals surface area contributed by atoms with Gasteiger partial charge in [-0.15, -0.1) is 0 Å². The second-order valence-electron chi connectivity index (χ2n) is 4.76. The molecule has 4 heteroatoms. The van der Waals surface area contributed by atoms with E-state index < -0.39 is 17.7 Å². The van der Waals surface area contributed by atoms with Crippen molar-refractivity contribution in [2.24, 2.45) is 5.73 Å². The van der Waals surface area contributed by atoms with Crippen LogP contribution >= 0.6 is 0 Å².